The SMILES string of the molecule is CNc1cc(C(=O)Nc2nc(C)cs2)c(Cl)cn1. The lowest BCUT2D eigenvalue weighted by atomic mass is 10.2. The van der Waals surface area contributed by atoms with E-state index in [4.69, 9.17) is 11.6 Å². The number of aryl methyl sites for hydroxylation is 1. The summed E-state index contributed by atoms with van der Waals surface area (Å²) >= 11 is 7.32. The molecular formula is C11H11ClN4OS. The van der Waals surface area contributed by atoms with Gasteiger partial charge < -0.3 is 5.32 Å². The van der Waals surface area contributed by atoms with E-state index >= 15 is 0 Å². The van der Waals surface area contributed by atoms with E-state index in [2.05, 4.69) is 20.6 Å². The van der Waals surface area contributed by atoms with Gasteiger partial charge in [0.15, 0.2) is 5.13 Å². The number of hydrogen-bond acceptors (Lipinski definition) is 5. The monoisotopic (exact) mass is 282 g/mol. The lowest BCUT2D eigenvalue weighted by molar-refractivity contribution is 0.102. The summed E-state index contributed by atoms with van der Waals surface area (Å²) in [6, 6.07) is 1.60. The van der Waals surface area contributed by atoms with E-state index in [1.165, 1.54) is 17.5 Å². The largest absolute Gasteiger partial charge is 0.373 e. The highest BCUT2D eigenvalue weighted by atomic mass is 35.5. The molecule has 0 atom stereocenters. The summed E-state index contributed by atoms with van der Waals surface area (Å²) in [6.07, 6.45) is 1.44. The Morgan fingerprint density at radius 3 is 2.89 bits per heavy atom. The Labute approximate surface area is 113 Å². The molecule has 2 heterocycles. The molecule has 94 valence electrons. The normalized spacial score (nSPS) is 10.2. The first-order chi connectivity index (χ1) is 8.60. The zero-order valence-electron chi connectivity index (χ0n) is 9.82. The van der Waals surface area contributed by atoms with Gasteiger partial charge in [0, 0.05) is 18.6 Å². The Morgan fingerprint density at radius 2 is 2.28 bits per heavy atom. The molecule has 7 heteroatoms. The number of anilines is 2. The van der Waals surface area contributed by atoms with Crippen LogP contribution in [0.2, 0.25) is 5.02 Å². The Bertz CT molecular complexity index is 584. The molecule has 0 bridgehead atoms. The van der Waals surface area contributed by atoms with Gasteiger partial charge in [-0.1, -0.05) is 11.6 Å². The zero-order valence-corrected chi connectivity index (χ0v) is 11.4. The van der Waals surface area contributed by atoms with Gasteiger partial charge >= 0.3 is 0 Å². The van der Waals surface area contributed by atoms with Crippen LogP contribution in [0, 0.1) is 6.92 Å². The standard InChI is InChI=1S/C11H11ClN4OS/c1-6-5-18-11(15-6)16-10(17)7-3-9(13-2)14-4-8(7)12/h3-5H,1-2H3,(H,13,14)(H,15,16,17). The number of carbonyl (C=O) groups excluding carboxylic acids is 1. The van der Waals surface area contributed by atoms with Crippen LogP contribution in [-0.2, 0) is 0 Å². The smallest absolute Gasteiger partial charge is 0.259 e. The summed E-state index contributed by atoms with van der Waals surface area (Å²) in [6.45, 7) is 1.87. The molecule has 0 aliphatic rings. The minimum absolute atomic E-state index is 0.298. The molecule has 2 rings (SSSR count). The highest BCUT2D eigenvalue weighted by Crippen LogP contribution is 2.21. The van der Waals surface area contributed by atoms with Crippen LogP contribution in [0.1, 0.15) is 16.1 Å². The number of pyridine rings is 1. The van der Waals surface area contributed by atoms with Gasteiger partial charge in [-0.15, -0.1) is 11.3 Å². The Kier molecular flexibility index (Phi) is 3.78. The maximum Gasteiger partial charge on any atom is 0.259 e. The molecule has 0 aliphatic carbocycles. The predicted octanol–water partition coefficient (Wildman–Crippen LogP) is 2.79. The lowest BCUT2D eigenvalue weighted by Crippen LogP contribution is -2.13. The van der Waals surface area contributed by atoms with E-state index in [1.807, 2.05) is 12.3 Å². The number of nitrogens with one attached hydrogen (secondary N) is 2. The third-order valence-electron chi connectivity index (χ3n) is 2.20. The number of amides is 1. The van der Waals surface area contributed by atoms with Gasteiger partial charge in [-0.25, -0.2) is 9.97 Å². The van der Waals surface area contributed by atoms with Crippen LogP contribution >= 0.6 is 22.9 Å². The van der Waals surface area contributed by atoms with Crippen molar-refractivity contribution < 1.29 is 4.79 Å². The molecule has 0 spiro atoms. The van der Waals surface area contributed by atoms with Gasteiger partial charge in [0.2, 0.25) is 0 Å². The molecule has 0 aromatic carbocycles. The quantitative estimate of drug-likeness (QED) is 0.908. The van der Waals surface area contributed by atoms with Crippen LogP contribution in [0.3, 0.4) is 0 Å². The van der Waals surface area contributed by atoms with E-state index in [9.17, 15) is 4.79 Å². The summed E-state index contributed by atoms with van der Waals surface area (Å²) in [7, 11) is 1.72. The van der Waals surface area contributed by atoms with Crippen LogP contribution in [0.4, 0.5) is 10.9 Å². The first kappa shape index (κ1) is 12.8. The third kappa shape index (κ3) is 2.77. The van der Waals surface area contributed by atoms with Gasteiger partial charge in [0.25, 0.3) is 5.91 Å². The second kappa shape index (κ2) is 5.32. The second-order valence-electron chi connectivity index (χ2n) is 3.55. The summed E-state index contributed by atoms with van der Waals surface area (Å²) in [5.74, 6) is 0.285. The van der Waals surface area contributed by atoms with Crippen molar-refractivity contribution in [2.24, 2.45) is 0 Å². The first-order valence-corrected chi connectivity index (χ1v) is 6.42. The van der Waals surface area contributed by atoms with Gasteiger partial charge in [-0.3, -0.25) is 10.1 Å². The Hall–Kier alpha value is -1.66. The molecule has 2 N–H and O–H groups in total. The number of carbonyl (C=O) groups is 1. The van der Waals surface area contributed by atoms with Gasteiger partial charge in [-0.05, 0) is 13.0 Å². The number of hydrogen-bond donors (Lipinski definition) is 2. The maximum atomic E-state index is 12.0. The number of halogens is 1. The highest BCUT2D eigenvalue weighted by molar-refractivity contribution is 7.13. The van der Waals surface area contributed by atoms with Crippen molar-refractivity contribution in [3.8, 4) is 0 Å². The van der Waals surface area contributed by atoms with E-state index < -0.39 is 0 Å². The summed E-state index contributed by atoms with van der Waals surface area (Å²) < 4.78 is 0. The molecule has 0 unspecified atom stereocenters. The minimum Gasteiger partial charge on any atom is -0.373 e. The third-order valence-corrected chi connectivity index (χ3v) is 3.37. The number of rotatable bonds is 3. The second-order valence-corrected chi connectivity index (χ2v) is 4.81. The molecule has 18 heavy (non-hydrogen) atoms. The average molecular weight is 283 g/mol. The van der Waals surface area contributed by atoms with Crippen LogP contribution in [0.5, 0.6) is 0 Å². The summed E-state index contributed by atoms with van der Waals surface area (Å²) in [4.78, 5) is 20.2. The number of nitrogens with zero attached hydrogens (tertiary/aromatic N) is 2. The maximum absolute atomic E-state index is 12.0. The topological polar surface area (TPSA) is 66.9 Å². The van der Waals surface area contributed by atoms with Gasteiger partial charge in [0.05, 0.1) is 16.3 Å². The van der Waals surface area contributed by atoms with Crippen molar-refractivity contribution in [3.05, 3.63) is 33.9 Å². The molecule has 0 saturated heterocycles. The lowest BCUT2D eigenvalue weighted by Gasteiger charge is -2.06. The van der Waals surface area contributed by atoms with E-state index in [1.54, 1.807) is 13.1 Å². The number of thiazole rings is 1. The fourth-order valence-corrected chi connectivity index (χ4v) is 2.20. The summed E-state index contributed by atoms with van der Waals surface area (Å²) in [5, 5.41) is 8.28. The first-order valence-electron chi connectivity index (χ1n) is 5.17. The predicted molar refractivity (Wildman–Crippen MR) is 73.6 cm³/mol. The molecule has 0 aliphatic heterocycles. The van der Waals surface area contributed by atoms with Gasteiger partial charge in [-0.2, -0.15) is 0 Å². The molecule has 2 aromatic heterocycles. The average Bonchev–Trinajstić information content (AvgIpc) is 2.75. The minimum atomic E-state index is -0.298. The van der Waals surface area contributed by atoms with Crippen molar-refractivity contribution in [3.63, 3.8) is 0 Å². The van der Waals surface area contributed by atoms with E-state index in [-0.39, 0.29) is 5.91 Å². The number of aromatic nitrogens is 2. The molecule has 0 radical (unpaired) electrons. The molecular weight excluding hydrogens is 272 g/mol. The fraction of sp³-hybridized carbons (Fsp3) is 0.182. The van der Waals surface area contributed by atoms with Crippen LogP contribution < -0.4 is 10.6 Å². The fourth-order valence-electron chi connectivity index (χ4n) is 1.33. The molecule has 0 saturated carbocycles. The van der Waals surface area contributed by atoms with Crippen molar-refractivity contribution in [2.75, 3.05) is 17.7 Å². The van der Waals surface area contributed by atoms with Crippen molar-refractivity contribution >= 4 is 39.8 Å². The van der Waals surface area contributed by atoms with Crippen LogP contribution in [-0.4, -0.2) is 22.9 Å². The van der Waals surface area contributed by atoms with Crippen LogP contribution in [0.15, 0.2) is 17.6 Å². The summed E-state index contributed by atoms with van der Waals surface area (Å²) in [5.41, 5.74) is 1.23. The highest BCUT2D eigenvalue weighted by Gasteiger charge is 2.13. The van der Waals surface area contributed by atoms with Crippen molar-refractivity contribution in [2.45, 2.75) is 6.92 Å². The van der Waals surface area contributed by atoms with Crippen molar-refractivity contribution in [1.29, 1.82) is 0 Å². The molecule has 2 aromatic rings. The Balaban J connectivity index is 2.23. The zero-order chi connectivity index (χ0) is 13.1. The van der Waals surface area contributed by atoms with E-state index in [0.29, 0.717) is 21.5 Å². The molecule has 1 amide bonds. The van der Waals surface area contributed by atoms with Gasteiger partial charge in [0.1, 0.15) is 5.82 Å². The molecule has 0 fully saturated rings. The van der Waals surface area contributed by atoms with Crippen LogP contribution in [0.25, 0.3) is 0 Å². The van der Waals surface area contributed by atoms with Crippen molar-refractivity contribution in [1.82, 2.24) is 9.97 Å². The molecule has 5 nitrogen and oxygen atoms in total. The Morgan fingerprint density at radius 1 is 1.50 bits per heavy atom. The van der Waals surface area contributed by atoms with E-state index in [0.717, 1.165) is 5.69 Å².